The highest BCUT2D eigenvalue weighted by Crippen LogP contribution is 2.11. The first kappa shape index (κ1) is 16.9. The average Bonchev–Trinajstić information content (AvgIpc) is 2.13. The standard InChI is InChI=1S/C12H20ClNO4/c1-5-17-11(16)9(13)6-8(14)7-10(15)18-12(2,3)4/h6,8H,5,7,14H2,1-4H3/t8-/m1/s1. The zero-order valence-electron chi connectivity index (χ0n) is 11.2. The molecule has 0 bridgehead atoms. The second-order valence-corrected chi connectivity index (χ2v) is 5.10. The molecule has 6 heteroatoms. The van der Waals surface area contributed by atoms with Crippen molar-refractivity contribution in [2.45, 2.75) is 45.8 Å². The molecular weight excluding hydrogens is 258 g/mol. The fourth-order valence-corrected chi connectivity index (χ4v) is 1.31. The normalized spacial score (nSPS) is 14.0. The van der Waals surface area contributed by atoms with E-state index in [1.165, 1.54) is 6.08 Å². The maximum Gasteiger partial charge on any atom is 0.349 e. The van der Waals surface area contributed by atoms with Crippen LogP contribution in [0.2, 0.25) is 0 Å². The van der Waals surface area contributed by atoms with Crippen LogP contribution >= 0.6 is 11.6 Å². The summed E-state index contributed by atoms with van der Waals surface area (Å²) < 4.78 is 9.77. The van der Waals surface area contributed by atoms with E-state index in [9.17, 15) is 9.59 Å². The van der Waals surface area contributed by atoms with E-state index in [4.69, 9.17) is 22.1 Å². The molecule has 0 radical (unpaired) electrons. The van der Waals surface area contributed by atoms with Crippen LogP contribution in [0.5, 0.6) is 0 Å². The Morgan fingerprint density at radius 1 is 1.39 bits per heavy atom. The molecule has 0 aromatic heterocycles. The molecule has 0 aliphatic heterocycles. The summed E-state index contributed by atoms with van der Waals surface area (Å²) in [5.41, 5.74) is 5.09. The first-order valence-electron chi connectivity index (χ1n) is 5.67. The smallest absolute Gasteiger partial charge is 0.349 e. The number of ether oxygens (including phenoxy) is 2. The van der Waals surface area contributed by atoms with Gasteiger partial charge in [-0.2, -0.15) is 0 Å². The van der Waals surface area contributed by atoms with E-state index in [1.54, 1.807) is 27.7 Å². The highest BCUT2D eigenvalue weighted by Gasteiger charge is 2.19. The lowest BCUT2D eigenvalue weighted by Gasteiger charge is -2.20. The number of carbonyl (C=O) groups is 2. The largest absolute Gasteiger partial charge is 0.462 e. The molecule has 1 atom stereocenters. The van der Waals surface area contributed by atoms with Crippen molar-refractivity contribution in [1.29, 1.82) is 0 Å². The number of halogens is 1. The predicted octanol–water partition coefficient (Wildman–Crippen LogP) is 1.73. The Morgan fingerprint density at radius 2 is 1.94 bits per heavy atom. The maximum absolute atomic E-state index is 11.5. The fourth-order valence-electron chi connectivity index (χ4n) is 1.09. The van der Waals surface area contributed by atoms with E-state index in [1.807, 2.05) is 0 Å². The highest BCUT2D eigenvalue weighted by molar-refractivity contribution is 6.41. The van der Waals surface area contributed by atoms with Gasteiger partial charge in [-0.1, -0.05) is 11.6 Å². The number of rotatable bonds is 5. The minimum Gasteiger partial charge on any atom is -0.462 e. The number of carbonyl (C=O) groups excluding carboxylic acids is 2. The number of esters is 2. The van der Waals surface area contributed by atoms with Gasteiger partial charge in [-0.05, 0) is 33.8 Å². The molecule has 2 N–H and O–H groups in total. The third-order valence-electron chi connectivity index (χ3n) is 1.65. The Balaban J connectivity index is 4.33. The molecule has 0 unspecified atom stereocenters. The quantitative estimate of drug-likeness (QED) is 0.612. The SMILES string of the molecule is CCOC(=O)C(Cl)=C[C@@H](N)CC(=O)OC(C)(C)C. The molecular formula is C12H20ClNO4. The number of hydrogen-bond acceptors (Lipinski definition) is 5. The van der Waals surface area contributed by atoms with Crippen molar-refractivity contribution in [1.82, 2.24) is 0 Å². The summed E-state index contributed by atoms with van der Waals surface area (Å²) in [6.45, 7) is 7.18. The van der Waals surface area contributed by atoms with Crippen LogP contribution < -0.4 is 5.73 Å². The number of hydrogen-bond donors (Lipinski definition) is 1. The van der Waals surface area contributed by atoms with Crippen molar-refractivity contribution < 1.29 is 19.1 Å². The highest BCUT2D eigenvalue weighted by atomic mass is 35.5. The molecule has 18 heavy (non-hydrogen) atoms. The Labute approximate surface area is 112 Å². The Bertz CT molecular complexity index is 333. The molecule has 0 amide bonds. The van der Waals surface area contributed by atoms with Gasteiger partial charge in [0.25, 0.3) is 0 Å². The van der Waals surface area contributed by atoms with Crippen molar-refractivity contribution >= 4 is 23.5 Å². The Morgan fingerprint density at radius 3 is 2.39 bits per heavy atom. The molecule has 104 valence electrons. The second kappa shape index (κ2) is 7.38. The molecule has 0 aromatic carbocycles. The van der Waals surface area contributed by atoms with Crippen LogP contribution in [0.3, 0.4) is 0 Å². The van der Waals surface area contributed by atoms with Crippen molar-refractivity contribution in [3.8, 4) is 0 Å². The summed E-state index contributed by atoms with van der Waals surface area (Å²) in [6.07, 6.45) is 1.23. The zero-order chi connectivity index (χ0) is 14.3. The average molecular weight is 278 g/mol. The number of nitrogens with two attached hydrogens (primary N) is 1. The van der Waals surface area contributed by atoms with Crippen LogP contribution in [0, 0.1) is 0 Å². The molecule has 0 aliphatic carbocycles. The van der Waals surface area contributed by atoms with Crippen molar-refractivity contribution in [3.63, 3.8) is 0 Å². The van der Waals surface area contributed by atoms with Gasteiger partial charge < -0.3 is 15.2 Å². The van der Waals surface area contributed by atoms with E-state index in [-0.39, 0.29) is 18.1 Å². The molecule has 0 aliphatic rings. The molecule has 0 rings (SSSR count). The van der Waals surface area contributed by atoms with E-state index < -0.39 is 23.6 Å². The van der Waals surface area contributed by atoms with Gasteiger partial charge in [-0.15, -0.1) is 0 Å². The minimum absolute atomic E-state index is 0.0487. The van der Waals surface area contributed by atoms with Crippen molar-refractivity contribution in [2.75, 3.05) is 6.61 Å². The van der Waals surface area contributed by atoms with Crippen LogP contribution in [0.25, 0.3) is 0 Å². The molecule has 5 nitrogen and oxygen atoms in total. The summed E-state index contributed by atoms with van der Waals surface area (Å²) in [5, 5.41) is -0.132. The van der Waals surface area contributed by atoms with E-state index >= 15 is 0 Å². The maximum atomic E-state index is 11.5. The minimum atomic E-state index is -0.684. The molecule has 0 heterocycles. The lowest BCUT2D eigenvalue weighted by atomic mass is 10.1. The molecule has 0 spiro atoms. The topological polar surface area (TPSA) is 78.6 Å². The molecule has 0 fully saturated rings. The third kappa shape index (κ3) is 8.08. The van der Waals surface area contributed by atoms with E-state index in [0.29, 0.717) is 0 Å². The fraction of sp³-hybridized carbons (Fsp3) is 0.667. The van der Waals surface area contributed by atoms with Crippen molar-refractivity contribution in [2.24, 2.45) is 5.73 Å². The Kier molecular flexibility index (Phi) is 6.94. The van der Waals surface area contributed by atoms with Crippen LogP contribution in [-0.2, 0) is 19.1 Å². The van der Waals surface area contributed by atoms with Gasteiger partial charge in [0.05, 0.1) is 13.0 Å². The molecule has 0 saturated carbocycles. The van der Waals surface area contributed by atoms with Gasteiger partial charge in [0.1, 0.15) is 10.6 Å². The monoisotopic (exact) mass is 277 g/mol. The van der Waals surface area contributed by atoms with Gasteiger partial charge in [-0.3, -0.25) is 4.79 Å². The van der Waals surface area contributed by atoms with Gasteiger partial charge in [0.15, 0.2) is 0 Å². The summed E-state index contributed by atoms with van der Waals surface area (Å²) in [4.78, 5) is 22.7. The summed E-state index contributed by atoms with van der Waals surface area (Å²) in [5.74, 6) is -1.10. The van der Waals surface area contributed by atoms with Crippen LogP contribution in [-0.4, -0.2) is 30.2 Å². The predicted molar refractivity (Wildman–Crippen MR) is 69.0 cm³/mol. The summed E-state index contributed by atoms with van der Waals surface area (Å²) >= 11 is 5.68. The first-order chi connectivity index (χ1) is 8.15. The summed E-state index contributed by atoms with van der Waals surface area (Å²) in [7, 11) is 0. The van der Waals surface area contributed by atoms with E-state index in [0.717, 1.165) is 0 Å². The van der Waals surface area contributed by atoms with Crippen LogP contribution in [0.1, 0.15) is 34.1 Å². The first-order valence-corrected chi connectivity index (χ1v) is 6.05. The van der Waals surface area contributed by atoms with Gasteiger partial charge >= 0.3 is 11.9 Å². The zero-order valence-corrected chi connectivity index (χ0v) is 11.9. The second-order valence-electron chi connectivity index (χ2n) is 4.69. The Hall–Kier alpha value is -1.07. The third-order valence-corrected chi connectivity index (χ3v) is 1.93. The van der Waals surface area contributed by atoms with Crippen molar-refractivity contribution in [3.05, 3.63) is 11.1 Å². The van der Waals surface area contributed by atoms with E-state index in [2.05, 4.69) is 4.74 Å². The van der Waals surface area contributed by atoms with Gasteiger partial charge in [-0.25, -0.2) is 4.79 Å². The summed E-state index contributed by atoms with van der Waals surface area (Å²) in [6, 6.07) is -0.684. The lowest BCUT2D eigenvalue weighted by Crippen LogP contribution is -2.29. The van der Waals surface area contributed by atoms with Gasteiger partial charge in [0.2, 0.25) is 0 Å². The molecule has 0 aromatic rings. The van der Waals surface area contributed by atoms with Crippen LogP contribution in [0.15, 0.2) is 11.1 Å². The van der Waals surface area contributed by atoms with Gasteiger partial charge in [0, 0.05) is 6.04 Å². The lowest BCUT2D eigenvalue weighted by molar-refractivity contribution is -0.155. The van der Waals surface area contributed by atoms with Crippen LogP contribution in [0.4, 0.5) is 0 Å². The molecule has 0 saturated heterocycles.